The number of hydrogen-bond acceptors (Lipinski definition) is 14. The maximum Gasteiger partial charge on any atom is 0.472 e. The summed E-state index contributed by atoms with van der Waals surface area (Å²) in [5, 5.41) is 20.6. The van der Waals surface area contributed by atoms with Gasteiger partial charge >= 0.3 is 33.6 Å². The Bertz CT molecular complexity index is 2300. The van der Waals surface area contributed by atoms with E-state index in [9.17, 15) is 43.5 Å². The number of rotatable bonds is 70. The Morgan fingerprint density at radius 1 is 0.299 bits per heavy atom. The SMILES string of the molecule is CC/C=C\C/C=C\C/C=C\C/C=C\C/C=C\C/C=C\CCCCCCCCCCCCCCCCC(=O)OCC(O)COP(=O)(O)OCC(O)COP(=O)(O)OCC(COC(=O)CCCCCC/C=C\C/C=C\C/C=C\C/C=C\CC)OC(=O)CCCCCCC/C=C\CCCC. The highest BCUT2D eigenvalue weighted by molar-refractivity contribution is 7.47. The van der Waals surface area contributed by atoms with E-state index in [0.29, 0.717) is 19.3 Å². The van der Waals surface area contributed by atoms with Crippen LogP contribution in [-0.2, 0) is 55.8 Å². The Morgan fingerprint density at radius 2 is 0.546 bits per heavy atom. The second-order valence-corrected chi connectivity index (χ2v) is 27.6. The van der Waals surface area contributed by atoms with Gasteiger partial charge in [-0.2, -0.15) is 0 Å². The van der Waals surface area contributed by atoms with Crippen LogP contribution in [0.15, 0.2) is 134 Å². The first kappa shape index (κ1) is 92.7. The molecule has 4 N–H and O–H groups in total. The lowest BCUT2D eigenvalue weighted by molar-refractivity contribution is -0.161. The van der Waals surface area contributed by atoms with Gasteiger partial charge in [0.15, 0.2) is 6.10 Å². The Morgan fingerprint density at radius 3 is 0.876 bits per heavy atom. The molecular formula is C79H134O16P2. The third-order valence-electron chi connectivity index (χ3n) is 15.3. The van der Waals surface area contributed by atoms with E-state index in [1.807, 2.05) is 0 Å². The molecule has 0 aromatic carbocycles. The molecule has 0 rings (SSSR count). The monoisotopic (exact) mass is 1400 g/mol. The summed E-state index contributed by atoms with van der Waals surface area (Å²) in [5.41, 5.74) is 0. The summed E-state index contributed by atoms with van der Waals surface area (Å²) in [7, 11) is -9.79. The van der Waals surface area contributed by atoms with Crippen LogP contribution < -0.4 is 0 Å². The van der Waals surface area contributed by atoms with Crippen molar-refractivity contribution in [3.8, 4) is 0 Å². The molecule has 0 aromatic rings. The van der Waals surface area contributed by atoms with Gasteiger partial charge in [-0.3, -0.25) is 32.5 Å². The van der Waals surface area contributed by atoms with Crippen LogP contribution in [0.25, 0.3) is 0 Å². The summed E-state index contributed by atoms with van der Waals surface area (Å²) >= 11 is 0. The summed E-state index contributed by atoms with van der Waals surface area (Å²) in [6.07, 6.45) is 85.3. The molecule has 5 atom stereocenters. The van der Waals surface area contributed by atoms with Crippen molar-refractivity contribution in [3.63, 3.8) is 0 Å². The van der Waals surface area contributed by atoms with E-state index in [0.717, 1.165) is 154 Å². The Kier molecular flexibility index (Phi) is 68.3. The molecule has 0 aromatic heterocycles. The molecule has 18 heteroatoms. The van der Waals surface area contributed by atoms with Gasteiger partial charge in [0.2, 0.25) is 0 Å². The van der Waals surface area contributed by atoms with E-state index in [4.69, 9.17) is 32.3 Å². The van der Waals surface area contributed by atoms with Gasteiger partial charge in [-0.25, -0.2) is 9.13 Å². The second-order valence-electron chi connectivity index (χ2n) is 24.7. The van der Waals surface area contributed by atoms with E-state index in [2.05, 4.69) is 154 Å². The molecule has 0 amide bonds. The van der Waals surface area contributed by atoms with Crippen molar-refractivity contribution in [2.75, 3.05) is 39.6 Å². The number of allylic oxidation sites excluding steroid dienone is 22. The number of esters is 3. The van der Waals surface area contributed by atoms with E-state index in [1.54, 1.807) is 0 Å². The van der Waals surface area contributed by atoms with Gasteiger partial charge in [0.05, 0.1) is 26.4 Å². The van der Waals surface area contributed by atoms with Crippen molar-refractivity contribution in [3.05, 3.63) is 134 Å². The fourth-order valence-electron chi connectivity index (χ4n) is 9.66. The summed E-state index contributed by atoms with van der Waals surface area (Å²) in [4.78, 5) is 58.4. The predicted octanol–water partition coefficient (Wildman–Crippen LogP) is 21.5. The number of ether oxygens (including phenoxy) is 3. The average Bonchev–Trinajstić information content (AvgIpc) is 1.59. The zero-order chi connectivity index (χ0) is 70.9. The Hall–Kier alpha value is -4.31. The first-order valence-electron chi connectivity index (χ1n) is 37.5. The summed E-state index contributed by atoms with van der Waals surface area (Å²) in [5.74, 6) is -1.62. The van der Waals surface area contributed by atoms with Crippen LogP contribution in [0.4, 0.5) is 0 Å². The Balaban J connectivity index is 4.38. The molecule has 16 nitrogen and oxygen atoms in total. The fraction of sp³-hybridized carbons (Fsp3) is 0.684. The van der Waals surface area contributed by atoms with Crippen LogP contribution in [0.2, 0.25) is 0 Å². The number of unbranched alkanes of at least 4 members (excludes halogenated alkanes) is 25. The van der Waals surface area contributed by atoms with E-state index >= 15 is 0 Å². The minimum Gasteiger partial charge on any atom is -0.463 e. The molecule has 0 aliphatic heterocycles. The average molecular weight is 1400 g/mol. The van der Waals surface area contributed by atoms with Crippen molar-refractivity contribution in [2.24, 2.45) is 0 Å². The molecule has 0 saturated carbocycles. The zero-order valence-corrected chi connectivity index (χ0v) is 62.2. The zero-order valence-electron chi connectivity index (χ0n) is 60.5. The lowest BCUT2D eigenvalue weighted by Gasteiger charge is -2.21. The number of hydrogen-bond donors (Lipinski definition) is 4. The molecule has 0 spiro atoms. The van der Waals surface area contributed by atoms with Gasteiger partial charge in [0, 0.05) is 19.3 Å². The first-order valence-corrected chi connectivity index (χ1v) is 40.5. The quantitative estimate of drug-likeness (QED) is 0.0146. The largest absolute Gasteiger partial charge is 0.472 e. The van der Waals surface area contributed by atoms with Crippen LogP contribution in [0.3, 0.4) is 0 Å². The van der Waals surface area contributed by atoms with Crippen LogP contribution in [-0.4, -0.2) is 95.9 Å². The Labute approximate surface area is 588 Å². The van der Waals surface area contributed by atoms with Crippen LogP contribution >= 0.6 is 15.6 Å². The second kappa shape index (κ2) is 71.5. The number of aliphatic hydroxyl groups excluding tert-OH is 2. The van der Waals surface area contributed by atoms with Crippen molar-refractivity contribution in [1.82, 2.24) is 0 Å². The van der Waals surface area contributed by atoms with E-state index < -0.39 is 91.5 Å². The normalized spacial score (nSPS) is 14.8. The van der Waals surface area contributed by atoms with Gasteiger partial charge in [0.1, 0.15) is 25.4 Å². The van der Waals surface area contributed by atoms with Gasteiger partial charge in [0.25, 0.3) is 0 Å². The van der Waals surface area contributed by atoms with Crippen molar-refractivity contribution < 1.29 is 75.8 Å². The molecule has 0 bridgehead atoms. The maximum atomic E-state index is 12.9. The first-order chi connectivity index (χ1) is 47.2. The van der Waals surface area contributed by atoms with Crippen LogP contribution in [0, 0.1) is 0 Å². The summed E-state index contributed by atoms with van der Waals surface area (Å²) in [6.45, 7) is 2.36. The van der Waals surface area contributed by atoms with Gasteiger partial charge in [-0.15, -0.1) is 0 Å². The molecule has 0 aliphatic carbocycles. The molecule has 0 aliphatic rings. The number of aliphatic hydroxyl groups is 2. The minimum atomic E-state index is -4.93. The smallest absolute Gasteiger partial charge is 0.463 e. The van der Waals surface area contributed by atoms with Crippen LogP contribution in [0.1, 0.15) is 290 Å². The molecule has 556 valence electrons. The number of carbonyl (C=O) groups is 3. The third kappa shape index (κ3) is 72.8. The lowest BCUT2D eigenvalue weighted by Crippen LogP contribution is -2.30. The van der Waals surface area contributed by atoms with Gasteiger partial charge in [-0.05, 0) is 128 Å². The van der Waals surface area contributed by atoms with E-state index in [-0.39, 0.29) is 19.3 Å². The molecule has 5 unspecified atom stereocenters. The highest BCUT2D eigenvalue weighted by Gasteiger charge is 2.29. The van der Waals surface area contributed by atoms with Crippen molar-refractivity contribution in [2.45, 2.75) is 309 Å². The molecular weight excluding hydrogens is 1270 g/mol. The topological polar surface area (TPSA) is 231 Å². The fourth-order valence-corrected chi connectivity index (χ4v) is 11.2. The molecule has 0 heterocycles. The number of phosphoric ester groups is 2. The highest BCUT2D eigenvalue weighted by atomic mass is 31.2. The van der Waals surface area contributed by atoms with Gasteiger partial charge < -0.3 is 34.2 Å². The molecule has 97 heavy (non-hydrogen) atoms. The van der Waals surface area contributed by atoms with Crippen molar-refractivity contribution >= 4 is 33.6 Å². The minimum absolute atomic E-state index is 0.0865. The molecule has 0 saturated heterocycles. The predicted molar refractivity (Wildman–Crippen MR) is 399 cm³/mol. The molecule has 0 radical (unpaired) electrons. The maximum absolute atomic E-state index is 12.9. The standard InChI is InChI=1S/C79H134O16P2/c1-4-7-10-13-16-19-22-24-26-28-29-30-31-32-33-34-35-36-37-38-39-40-41-42-43-45-47-48-51-53-56-59-62-65-77(82)89-68-74(80)69-91-96(85,86)92-70-75(81)71-93-97(87,88)94-73-76(95-79(84)67-64-61-58-55-50-21-18-15-12-9-6-3)72-90-78(83)66-63-60-57-54-52-49-46-44-27-25-23-20-17-14-11-8-5-2/h7-8,10-11,15-20,24-27,29-30,32-33,35-36,46,49,74-76,80-81H,4-6,9,12-14,21-23,28,31,34,37-45,47-48,50-73H2,1-3H3,(H,85,86)(H,87,88)/b10-7-,11-8-,18-15-,19-16-,20-17-,26-24-,27-25-,30-29-,33-32-,36-35-,49-46-. The number of carbonyl (C=O) groups excluding carboxylic acids is 3. The molecule has 0 fully saturated rings. The number of phosphoric acid groups is 2. The van der Waals surface area contributed by atoms with Crippen molar-refractivity contribution in [1.29, 1.82) is 0 Å². The lowest BCUT2D eigenvalue weighted by atomic mass is 10.0. The van der Waals surface area contributed by atoms with Gasteiger partial charge in [-0.1, -0.05) is 276 Å². The van der Waals surface area contributed by atoms with E-state index in [1.165, 1.54) is 77.0 Å². The summed E-state index contributed by atoms with van der Waals surface area (Å²) < 4.78 is 60.9. The summed E-state index contributed by atoms with van der Waals surface area (Å²) in [6, 6.07) is 0. The van der Waals surface area contributed by atoms with Crippen LogP contribution in [0.5, 0.6) is 0 Å². The highest BCUT2D eigenvalue weighted by Crippen LogP contribution is 2.45. The third-order valence-corrected chi connectivity index (χ3v) is 17.2.